The molecule has 2 aliphatic rings. The van der Waals surface area contributed by atoms with E-state index < -0.39 is 0 Å². The third-order valence-electron chi connectivity index (χ3n) is 6.58. The summed E-state index contributed by atoms with van der Waals surface area (Å²) in [7, 11) is 0. The first-order valence-electron chi connectivity index (χ1n) is 9.97. The molecule has 2 rings (SSSR count). The van der Waals surface area contributed by atoms with Crippen molar-refractivity contribution < 1.29 is 0 Å². The van der Waals surface area contributed by atoms with Crippen molar-refractivity contribution in [3.8, 4) is 0 Å². The van der Waals surface area contributed by atoms with Gasteiger partial charge in [-0.25, -0.2) is 0 Å². The Morgan fingerprint density at radius 2 is 1.83 bits per heavy atom. The molecule has 3 unspecified atom stereocenters. The summed E-state index contributed by atoms with van der Waals surface area (Å²) in [5.74, 6) is 2.31. The van der Waals surface area contributed by atoms with Gasteiger partial charge < -0.3 is 5.41 Å². The quantitative estimate of drug-likeness (QED) is 0.416. The minimum Gasteiger partial charge on any atom is -0.313 e. The lowest BCUT2D eigenvalue weighted by atomic mass is 9.55. The predicted molar refractivity (Wildman–Crippen MR) is 104 cm³/mol. The topological polar surface area (TPSA) is 23.9 Å². The molecule has 0 heterocycles. The van der Waals surface area contributed by atoms with Crippen LogP contribution < -0.4 is 0 Å². The van der Waals surface area contributed by atoms with E-state index in [-0.39, 0.29) is 5.41 Å². The Morgan fingerprint density at radius 1 is 1.17 bits per heavy atom. The first-order valence-corrected chi connectivity index (χ1v) is 9.97. The van der Waals surface area contributed by atoms with Gasteiger partial charge in [0, 0.05) is 11.6 Å². The van der Waals surface area contributed by atoms with Crippen molar-refractivity contribution in [3.63, 3.8) is 0 Å². The van der Waals surface area contributed by atoms with Crippen LogP contribution in [-0.4, -0.2) is 6.21 Å². The maximum atomic E-state index is 7.96. The maximum absolute atomic E-state index is 7.96. The Bertz CT molecular complexity index is 406. The van der Waals surface area contributed by atoms with Crippen LogP contribution in [0.3, 0.4) is 0 Å². The van der Waals surface area contributed by atoms with Crippen molar-refractivity contribution in [3.05, 3.63) is 11.6 Å². The molecule has 1 nitrogen and oxygen atoms in total. The van der Waals surface area contributed by atoms with E-state index in [1.165, 1.54) is 44.9 Å². The van der Waals surface area contributed by atoms with Crippen LogP contribution in [-0.2, 0) is 0 Å². The van der Waals surface area contributed by atoms with Gasteiger partial charge in [0.1, 0.15) is 0 Å². The van der Waals surface area contributed by atoms with Gasteiger partial charge in [0.05, 0.1) is 0 Å². The second-order valence-electron chi connectivity index (χ2n) is 8.84. The van der Waals surface area contributed by atoms with E-state index >= 15 is 0 Å². The highest BCUT2D eigenvalue weighted by Crippen LogP contribution is 2.52. The lowest BCUT2D eigenvalue weighted by Crippen LogP contribution is -2.43. The fourth-order valence-electron chi connectivity index (χ4n) is 5.09. The fraction of sp³-hybridized carbons (Fsp3) is 0.864. The van der Waals surface area contributed by atoms with Crippen molar-refractivity contribution in [1.29, 1.82) is 5.41 Å². The first kappa shape index (κ1) is 20.5. The zero-order chi connectivity index (χ0) is 17.7. The second kappa shape index (κ2) is 8.49. The Balaban J connectivity index is 0.00000127. The molecule has 0 aliphatic heterocycles. The van der Waals surface area contributed by atoms with Gasteiger partial charge in [-0.2, -0.15) is 0 Å². The highest BCUT2D eigenvalue weighted by Gasteiger charge is 2.45. The molecule has 1 saturated carbocycles. The number of rotatable bonds is 4. The van der Waals surface area contributed by atoms with Gasteiger partial charge in [-0.05, 0) is 68.6 Å². The maximum Gasteiger partial charge on any atom is 0.00546 e. The molecule has 0 aromatic rings. The van der Waals surface area contributed by atoms with Gasteiger partial charge in [0.25, 0.3) is 0 Å². The largest absolute Gasteiger partial charge is 0.313 e. The second-order valence-corrected chi connectivity index (χ2v) is 8.84. The molecule has 0 spiro atoms. The molecule has 0 aromatic heterocycles. The summed E-state index contributed by atoms with van der Waals surface area (Å²) in [5.41, 5.74) is 2.14. The molecule has 0 saturated heterocycles. The molecule has 0 bridgehead atoms. The SMILES string of the molecule is CC.CC1=CCC(C)CC1CCC1C(C)(C)CCC[C@@]1(C)C=N. The molecular weight excluding hydrogens is 278 g/mol. The molecule has 0 aromatic carbocycles. The summed E-state index contributed by atoms with van der Waals surface area (Å²) < 4.78 is 0. The average molecular weight is 320 g/mol. The van der Waals surface area contributed by atoms with Crippen LogP contribution in [0.1, 0.15) is 93.4 Å². The number of hydrogen-bond acceptors (Lipinski definition) is 1. The normalized spacial score (nSPS) is 36.5. The van der Waals surface area contributed by atoms with Gasteiger partial charge in [-0.3, -0.25) is 0 Å². The van der Waals surface area contributed by atoms with Crippen LogP contribution in [0.2, 0.25) is 0 Å². The van der Waals surface area contributed by atoms with E-state index in [2.05, 4.69) is 40.7 Å². The van der Waals surface area contributed by atoms with E-state index in [4.69, 9.17) is 5.41 Å². The number of hydrogen-bond donors (Lipinski definition) is 1. The Kier molecular flexibility index (Phi) is 7.55. The van der Waals surface area contributed by atoms with Crippen LogP contribution >= 0.6 is 0 Å². The Hall–Kier alpha value is -0.590. The lowest BCUT2D eigenvalue weighted by Gasteiger charge is -2.50. The molecule has 1 fully saturated rings. The number of nitrogens with one attached hydrogen (secondary N) is 1. The van der Waals surface area contributed by atoms with Crippen LogP contribution in [0, 0.1) is 34.0 Å². The van der Waals surface area contributed by atoms with Gasteiger partial charge in [-0.15, -0.1) is 0 Å². The summed E-state index contributed by atoms with van der Waals surface area (Å²) >= 11 is 0. The summed E-state index contributed by atoms with van der Waals surface area (Å²) in [4.78, 5) is 0. The van der Waals surface area contributed by atoms with Gasteiger partial charge in [0.15, 0.2) is 0 Å². The molecule has 1 heteroatoms. The van der Waals surface area contributed by atoms with Crippen molar-refractivity contribution in [2.24, 2.45) is 28.6 Å². The molecule has 0 amide bonds. The van der Waals surface area contributed by atoms with Crippen LogP contribution in [0.15, 0.2) is 11.6 Å². The van der Waals surface area contributed by atoms with E-state index in [1.807, 2.05) is 13.8 Å². The van der Waals surface area contributed by atoms with Crippen molar-refractivity contribution in [2.45, 2.75) is 93.4 Å². The molecular formula is C22H41N. The molecule has 1 N–H and O–H groups in total. The van der Waals surface area contributed by atoms with Crippen molar-refractivity contribution in [1.82, 2.24) is 0 Å². The van der Waals surface area contributed by atoms with E-state index in [9.17, 15) is 0 Å². The summed E-state index contributed by atoms with van der Waals surface area (Å²) in [6.45, 7) is 15.9. The van der Waals surface area contributed by atoms with Gasteiger partial charge >= 0.3 is 0 Å². The predicted octanol–water partition coefficient (Wildman–Crippen LogP) is 7.27. The fourth-order valence-corrected chi connectivity index (χ4v) is 5.09. The third kappa shape index (κ3) is 4.94. The highest BCUT2D eigenvalue weighted by molar-refractivity contribution is 5.62. The van der Waals surface area contributed by atoms with Crippen molar-refractivity contribution >= 4 is 6.21 Å². The smallest absolute Gasteiger partial charge is 0.00546 e. The highest BCUT2D eigenvalue weighted by atomic mass is 14.5. The third-order valence-corrected chi connectivity index (χ3v) is 6.58. The minimum absolute atomic E-state index is 0.125. The van der Waals surface area contributed by atoms with Crippen molar-refractivity contribution in [2.75, 3.05) is 0 Å². The van der Waals surface area contributed by atoms with Gasteiger partial charge in [-0.1, -0.05) is 59.6 Å². The first-order chi connectivity index (χ1) is 10.8. The van der Waals surface area contributed by atoms with E-state index in [0.29, 0.717) is 11.3 Å². The van der Waals surface area contributed by atoms with Crippen LogP contribution in [0.5, 0.6) is 0 Å². The van der Waals surface area contributed by atoms with Crippen LogP contribution in [0.25, 0.3) is 0 Å². The van der Waals surface area contributed by atoms with E-state index in [1.54, 1.807) is 11.8 Å². The van der Waals surface area contributed by atoms with Crippen LogP contribution in [0.4, 0.5) is 0 Å². The minimum atomic E-state index is 0.125. The number of allylic oxidation sites excluding steroid dienone is 2. The molecule has 2 aliphatic carbocycles. The molecule has 134 valence electrons. The zero-order valence-corrected chi connectivity index (χ0v) is 16.8. The average Bonchev–Trinajstić information content (AvgIpc) is 2.51. The molecule has 0 radical (unpaired) electrons. The lowest BCUT2D eigenvalue weighted by molar-refractivity contribution is 0.0389. The van der Waals surface area contributed by atoms with Gasteiger partial charge in [0.2, 0.25) is 0 Å². The zero-order valence-electron chi connectivity index (χ0n) is 16.8. The molecule has 4 atom stereocenters. The summed E-state index contributed by atoms with van der Waals surface area (Å²) in [6.07, 6.45) is 13.3. The molecule has 23 heavy (non-hydrogen) atoms. The van der Waals surface area contributed by atoms with E-state index in [0.717, 1.165) is 11.8 Å². The summed E-state index contributed by atoms with van der Waals surface area (Å²) in [6, 6.07) is 0. The summed E-state index contributed by atoms with van der Waals surface area (Å²) in [5, 5.41) is 7.96. The Morgan fingerprint density at radius 3 is 2.43 bits per heavy atom. The standard InChI is InChI=1S/C20H35N.C2H6/c1-15-7-8-16(2)17(13-15)9-10-18-19(3,4)11-6-12-20(18,5)14-21;1-2/h8,14-15,17-18,21H,6-7,9-13H2,1-5H3;1-2H3/t15?,17?,18?,20-;/m0./s1. The monoisotopic (exact) mass is 319 g/mol. The Labute approximate surface area is 145 Å².